The van der Waals surface area contributed by atoms with Gasteiger partial charge < -0.3 is 5.32 Å². The van der Waals surface area contributed by atoms with Gasteiger partial charge in [-0.25, -0.2) is 4.98 Å². The SMILES string of the molecule is CC1CC(C)CC(Nc2nnc3ccccc3n2)C1. The lowest BCUT2D eigenvalue weighted by Crippen LogP contribution is -2.31. The first-order valence-corrected chi connectivity index (χ1v) is 7.06. The van der Waals surface area contributed by atoms with Crippen LogP contribution < -0.4 is 5.32 Å². The molecule has 1 heterocycles. The number of hydrogen-bond donors (Lipinski definition) is 1. The topological polar surface area (TPSA) is 50.7 Å². The normalized spacial score (nSPS) is 27.4. The van der Waals surface area contributed by atoms with E-state index in [0.29, 0.717) is 12.0 Å². The van der Waals surface area contributed by atoms with Crippen LogP contribution in [-0.4, -0.2) is 21.2 Å². The largest absolute Gasteiger partial charge is 0.350 e. The minimum Gasteiger partial charge on any atom is -0.350 e. The Hall–Kier alpha value is -1.71. The summed E-state index contributed by atoms with van der Waals surface area (Å²) >= 11 is 0. The summed E-state index contributed by atoms with van der Waals surface area (Å²) in [6.07, 6.45) is 3.72. The maximum Gasteiger partial charge on any atom is 0.243 e. The van der Waals surface area contributed by atoms with E-state index in [4.69, 9.17) is 0 Å². The van der Waals surface area contributed by atoms with Crippen molar-refractivity contribution in [2.45, 2.75) is 39.2 Å². The van der Waals surface area contributed by atoms with E-state index in [0.717, 1.165) is 22.9 Å². The second-order valence-corrected chi connectivity index (χ2v) is 5.88. The standard InChI is InChI=1S/C15H20N4/c1-10-7-11(2)9-12(8-10)16-15-17-13-5-3-4-6-14(13)18-19-15/h3-6,10-12H,7-9H2,1-2H3,(H,16,17,19). The van der Waals surface area contributed by atoms with Gasteiger partial charge in [0.15, 0.2) is 0 Å². The van der Waals surface area contributed by atoms with Gasteiger partial charge in [-0.3, -0.25) is 0 Å². The molecule has 2 unspecified atom stereocenters. The Morgan fingerprint density at radius 1 is 0.947 bits per heavy atom. The quantitative estimate of drug-likeness (QED) is 0.896. The summed E-state index contributed by atoms with van der Waals surface area (Å²) in [5, 5.41) is 11.8. The number of fused-ring (bicyclic) bond motifs is 1. The Morgan fingerprint density at radius 3 is 2.37 bits per heavy atom. The van der Waals surface area contributed by atoms with E-state index in [1.54, 1.807) is 0 Å². The van der Waals surface area contributed by atoms with Crippen LogP contribution in [0.25, 0.3) is 11.0 Å². The number of nitrogens with zero attached hydrogens (tertiary/aromatic N) is 3. The van der Waals surface area contributed by atoms with Crippen LogP contribution in [0.3, 0.4) is 0 Å². The predicted molar refractivity (Wildman–Crippen MR) is 76.9 cm³/mol. The fraction of sp³-hybridized carbons (Fsp3) is 0.533. The fourth-order valence-electron chi connectivity index (χ4n) is 3.19. The molecule has 0 spiro atoms. The maximum absolute atomic E-state index is 4.53. The van der Waals surface area contributed by atoms with Gasteiger partial charge in [0.25, 0.3) is 0 Å². The molecule has 0 amide bonds. The Morgan fingerprint density at radius 2 is 1.63 bits per heavy atom. The molecule has 1 aliphatic carbocycles. The minimum atomic E-state index is 0.474. The summed E-state index contributed by atoms with van der Waals surface area (Å²) in [6.45, 7) is 4.65. The van der Waals surface area contributed by atoms with Crippen molar-refractivity contribution in [3.05, 3.63) is 24.3 Å². The van der Waals surface area contributed by atoms with Gasteiger partial charge in [-0.1, -0.05) is 26.0 Å². The van der Waals surface area contributed by atoms with Crippen LogP contribution in [0, 0.1) is 11.8 Å². The molecule has 1 aliphatic rings. The first-order chi connectivity index (χ1) is 9.20. The molecule has 0 saturated heterocycles. The number of aromatic nitrogens is 3. The highest BCUT2D eigenvalue weighted by molar-refractivity contribution is 5.74. The molecule has 1 N–H and O–H groups in total. The van der Waals surface area contributed by atoms with Crippen molar-refractivity contribution < 1.29 is 0 Å². The van der Waals surface area contributed by atoms with Gasteiger partial charge in [-0.05, 0) is 43.2 Å². The lowest BCUT2D eigenvalue weighted by molar-refractivity contribution is 0.280. The molecule has 19 heavy (non-hydrogen) atoms. The van der Waals surface area contributed by atoms with Gasteiger partial charge >= 0.3 is 0 Å². The highest BCUT2D eigenvalue weighted by Crippen LogP contribution is 2.29. The van der Waals surface area contributed by atoms with Crippen LogP contribution in [0.2, 0.25) is 0 Å². The number of benzene rings is 1. The summed E-state index contributed by atoms with van der Waals surface area (Å²) in [5.41, 5.74) is 1.75. The maximum atomic E-state index is 4.53. The van der Waals surface area contributed by atoms with E-state index in [9.17, 15) is 0 Å². The van der Waals surface area contributed by atoms with Crippen molar-refractivity contribution in [2.75, 3.05) is 5.32 Å². The first kappa shape index (κ1) is 12.3. The van der Waals surface area contributed by atoms with Gasteiger partial charge in [0.05, 0.1) is 5.52 Å². The molecule has 0 radical (unpaired) electrons. The summed E-state index contributed by atoms with van der Waals surface area (Å²) in [6, 6.07) is 8.31. The highest BCUT2D eigenvalue weighted by Gasteiger charge is 2.24. The molecule has 1 saturated carbocycles. The molecule has 1 aromatic heterocycles. The molecule has 0 aliphatic heterocycles. The summed E-state index contributed by atoms with van der Waals surface area (Å²) < 4.78 is 0. The van der Waals surface area contributed by atoms with Crippen LogP contribution >= 0.6 is 0 Å². The van der Waals surface area contributed by atoms with E-state index in [2.05, 4.69) is 34.3 Å². The smallest absolute Gasteiger partial charge is 0.243 e. The minimum absolute atomic E-state index is 0.474. The van der Waals surface area contributed by atoms with Crippen molar-refractivity contribution in [3.63, 3.8) is 0 Å². The Labute approximate surface area is 113 Å². The fourth-order valence-corrected chi connectivity index (χ4v) is 3.19. The molecular weight excluding hydrogens is 236 g/mol. The first-order valence-electron chi connectivity index (χ1n) is 7.06. The van der Waals surface area contributed by atoms with Crippen LogP contribution in [0.4, 0.5) is 5.95 Å². The van der Waals surface area contributed by atoms with Gasteiger partial charge in [0.2, 0.25) is 5.95 Å². The zero-order valence-electron chi connectivity index (χ0n) is 11.5. The van der Waals surface area contributed by atoms with Crippen molar-refractivity contribution >= 4 is 17.0 Å². The van der Waals surface area contributed by atoms with Gasteiger partial charge in [0, 0.05) is 6.04 Å². The zero-order chi connectivity index (χ0) is 13.2. The average Bonchev–Trinajstić information content (AvgIpc) is 2.37. The third-order valence-electron chi connectivity index (χ3n) is 3.87. The molecule has 100 valence electrons. The van der Waals surface area contributed by atoms with Crippen LogP contribution in [0.5, 0.6) is 0 Å². The summed E-state index contributed by atoms with van der Waals surface area (Å²) in [5.74, 6) is 2.20. The lowest BCUT2D eigenvalue weighted by Gasteiger charge is -2.31. The molecule has 4 heteroatoms. The van der Waals surface area contributed by atoms with E-state index in [1.165, 1.54) is 19.3 Å². The van der Waals surface area contributed by atoms with E-state index in [-0.39, 0.29) is 0 Å². The number of rotatable bonds is 2. The van der Waals surface area contributed by atoms with Crippen LogP contribution in [-0.2, 0) is 0 Å². The Kier molecular flexibility index (Phi) is 3.32. The van der Waals surface area contributed by atoms with Crippen LogP contribution in [0.15, 0.2) is 24.3 Å². The molecule has 3 rings (SSSR count). The molecule has 1 aromatic carbocycles. The van der Waals surface area contributed by atoms with Crippen molar-refractivity contribution in [2.24, 2.45) is 11.8 Å². The molecule has 2 aromatic rings. The van der Waals surface area contributed by atoms with Crippen LogP contribution in [0.1, 0.15) is 33.1 Å². The van der Waals surface area contributed by atoms with Gasteiger partial charge in [0.1, 0.15) is 5.52 Å². The van der Waals surface area contributed by atoms with E-state index < -0.39 is 0 Å². The number of anilines is 1. The second kappa shape index (κ2) is 5.11. The number of nitrogens with one attached hydrogen (secondary N) is 1. The molecule has 0 bridgehead atoms. The van der Waals surface area contributed by atoms with Crippen molar-refractivity contribution in [1.82, 2.24) is 15.2 Å². The third-order valence-corrected chi connectivity index (χ3v) is 3.87. The number of hydrogen-bond acceptors (Lipinski definition) is 4. The Bertz CT molecular complexity index is 559. The van der Waals surface area contributed by atoms with E-state index in [1.807, 2.05) is 24.3 Å². The summed E-state index contributed by atoms with van der Waals surface area (Å²) in [4.78, 5) is 4.53. The van der Waals surface area contributed by atoms with Gasteiger partial charge in [-0.15, -0.1) is 10.2 Å². The second-order valence-electron chi connectivity index (χ2n) is 5.88. The Balaban J connectivity index is 1.77. The average molecular weight is 256 g/mol. The number of para-hydroxylation sites is 1. The lowest BCUT2D eigenvalue weighted by atomic mass is 9.80. The molecular formula is C15H20N4. The molecule has 4 nitrogen and oxygen atoms in total. The highest BCUT2D eigenvalue weighted by atomic mass is 15.2. The third kappa shape index (κ3) is 2.83. The molecule has 1 fully saturated rings. The van der Waals surface area contributed by atoms with Crippen molar-refractivity contribution in [1.29, 1.82) is 0 Å². The van der Waals surface area contributed by atoms with Gasteiger partial charge in [-0.2, -0.15) is 0 Å². The predicted octanol–water partition coefficient (Wildman–Crippen LogP) is 3.26. The monoisotopic (exact) mass is 256 g/mol. The zero-order valence-corrected chi connectivity index (χ0v) is 11.5. The summed E-state index contributed by atoms with van der Waals surface area (Å²) in [7, 11) is 0. The van der Waals surface area contributed by atoms with E-state index >= 15 is 0 Å². The van der Waals surface area contributed by atoms with Crippen molar-refractivity contribution in [3.8, 4) is 0 Å². The molecule has 2 atom stereocenters.